The Labute approximate surface area is 87.6 Å². The molecule has 0 aliphatic heterocycles. The fourth-order valence-corrected chi connectivity index (χ4v) is 1.60. The van der Waals surface area contributed by atoms with E-state index in [2.05, 4.69) is 22.5 Å². The minimum absolute atomic E-state index is 0.656. The molecule has 2 N–H and O–H groups in total. The molecule has 0 saturated carbocycles. The van der Waals surface area contributed by atoms with E-state index >= 15 is 0 Å². The lowest BCUT2D eigenvalue weighted by atomic mass is 10.3. The average Bonchev–Trinajstić information content (AvgIpc) is 2.57. The topological polar surface area (TPSA) is 37.0 Å². The van der Waals surface area contributed by atoms with Crippen LogP contribution >= 0.6 is 23.6 Å². The SMILES string of the molecule is CCCCNC(=S)Nc1nccs1. The van der Waals surface area contributed by atoms with Crippen molar-refractivity contribution in [2.75, 3.05) is 11.9 Å². The van der Waals surface area contributed by atoms with E-state index in [4.69, 9.17) is 12.2 Å². The maximum absolute atomic E-state index is 5.06. The Morgan fingerprint density at radius 3 is 3.15 bits per heavy atom. The van der Waals surface area contributed by atoms with Crippen molar-refractivity contribution >= 4 is 33.8 Å². The average molecular weight is 215 g/mol. The van der Waals surface area contributed by atoms with E-state index in [0.29, 0.717) is 5.11 Å². The molecule has 0 aliphatic rings. The Morgan fingerprint density at radius 2 is 2.54 bits per heavy atom. The van der Waals surface area contributed by atoms with Crippen LogP contribution in [-0.4, -0.2) is 16.6 Å². The fourth-order valence-electron chi connectivity index (χ4n) is 0.805. The smallest absolute Gasteiger partial charge is 0.188 e. The number of aromatic nitrogens is 1. The molecule has 1 aromatic rings. The molecule has 0 amide bonds. The summed E-state index contributed by atoms with van der Waals surface area (Å²) in [6, 6.07) is 0. The van der Waals surface area contributed by atoms with Gasteiger partial charge < -0.3 is 10.6 Å². The van der Waals surface area contributed by atoms with Crippen molar-refractivity contribution in [2.45, 2.75) is 19.8 Å². The molecule has 13 heavy (non-hydrogen) atoms. The predicted molar refractivity (Wildman–Crippen MR) is 61.2 cm³/mol. The van der Waals surface area contributed by atoms with Gasteiger partial charge in [0.05, 0.1) is 0 Å². The second-order valence-corrected chi connectivity index (χ2v) is 3.87. The van der Waals surface area contributed by atoms with E-state index in [1.54, 1.807) is 17.5 Å². The summed E-state index contributed by atoms with van der Waals surface area (Å²) in [5, 5.41) is 9.53. The summed E-state index contributed by atoms with van der Waals surface area (Å²) in [6.45, 7) is 3.08. The van der Waals surface area contributed by atoms with Crippen LogP contribution in [0, 0.1) is 0 Å². The number of hydrogen-bond donors (Lipinski definition) is 2. The molecule has 5 heteroatoms. The van der Waals surface area contributed by atoms with Crippen LogP contribution in [-0.2, 0) is 0 Å². The zero-order valence-electron chi connectivity index (χ0n) is 7.54. The molecule has 0 aromatic carbocycles. The van der Waals surface area contributed by atoms with E-state index in [1.165, 1.54) is 6.42 Å². The first-order valence-corrected chi connectivity index (χ1v) is 5.56. The van der Waals surface area contributed by atoms with Crippen molar-refractivity contribution in [1.29, 1.82) is 0 Å². The Kier molecular flexibility index (Phi) is 4.70. The van der Waals surface area contributed by atoms with Gasteiger partial charge in [0.15, 0.2) is 10.2 Å². The molecular formula is C8H13N3S2. The molecule has 0 bridgehead atoms. The Bertz CT molecular complexity index is 246. The second kappa shape index (κ2) is 5.88. The zero-order chi connectivity index (χ0) is 9.52. The van der Waals surface area contributed by atoms with Crippen LogP contribution in [0.25, 0.3) is 0 Å². The molecular weight excluding hydrogens is 202 g/mol. The molecule has 1 rings (SSSR count). The van der Waals surface area contributed by atoms with E-state index < -0.39 is 0 Å². The minimum atomic E-state index is 0.656. The Hall–Kier alpha value is -0.680. The standard InChI is InChI=1S/C8H13N3S2/c1-2-3-4-9-7(12)11-8-10-5-6-13-8/h5-6H,2-4H2,1H3,(H2,9,10,11,12). The summed E-state index contributed by atoms with van der Waals surface area (Å²) >= 11 is 6.60. The van der Waals surface area contributed by atoms with Gasteiger partial charge in [-0.05, 0) is 18.6 Å². The van der Waals surface area contributed by atoms with E-state index in [9.17, 15) is 0 Å². The van der Waals surface area contributed by atoms with Crippen molar-refractivity contribution in [2.24, 2.45) is 0 Å². The minimum Gasteiger partial charge on any atom is -0.362 e. The lowest BCUT2D eigenvalue weighted by Crippen LogP contribution is -2.29. The first kappa shape index (κ1) is 10.4. The van der Waals surface area contributed by atoms with Crippen molar-refractivity contribution < 1.29 is 0 Å². The molecule has 1 aromatic heterocycles. The van der Waals surface area contributed by atoms with E-state index in [1.807, 2.05) is 5.38 Å². The van der Waals surface area contributed by atoms with Gasteiger partial charge in [0.1, 0.15) is 0 Å². The molecule has 1 heterocycles. The third-order valence-corrected chi connectivity index (χ3v) is 2.40. The quantitative estimate of drug-likeness (QED) is 0.596. The summed E-state index contributed by atoms with van der Waals surface area (Å²) in [5.41, 5.74) is 0. The summed E-state index contributed by atoms with van der Waals surface area (Å²) in [7, 11) is 0. The molecule has 0 fully saturated rings. The maximum atomic E-state index is 5.06. The van der Waals surface area contributed by atoms with Crippen molar-refractivity contribution in [3.8, 4) is 0 Å². The second-order valence-electron chi connectivity index (χ2n) is 2.57. The number of hydrogen-bond acceptors (Lipinski definition) is 3. The van der Waals surface area contributed by atoms with Gasteiger partial charge in [0, 0.05) is 18.1 Å². The summed E-state index contributed by atoms with van der Waals surface area (Å²) in [6.07, 6.45) is 4.06. The van der Waals surface area contributed by atoms with Gasteiger partial charge in [-0.25, -0.2) is 4.98 Å². The monoisotopic (exact) mass is 215 g/mol. The van der Waals surface area contributed by atoms with Crippen molar-refractivity contribution in [3.63, 3.8) is 0 Å². The van der Waals surface area contributed by atoms with Crippen LogP contribution < -0.4 is 10.6 Å². The van der Waals surface area contributed by atoms with Gasteiger partial charge in [0.25, 0.3) is 0 Å². The molecule has 0 unspecified atom stereocenters. The molecule has 0 spiro atoms. The van der Waals surface area contributed by atoms with Crippen LogP contribution in [0.1, 0.15) is 19.8 Å². The molecule has 0 atom stereocenters. The van der Waals surface area contributed by atoms with Crippen LogP contribution in [0.4, 0.5) is 5.13 Å². The summed E-state index contributed by atoms with van der Waals surface area (Å²) < 4.78 is 0. The van der Waals surface area contributed by atoms with Gasteiger partial charge in [-0.15, -0.1) is 11.3 Å². The molecule has 0 radical (unpaired) electrons. The number of anilines is 1. The highest BCUT2D eigenvalue weighted by atomic mass is 32.1. The third-order valence-electron chi connectivity index (χ3n) is 1.47. The van der Waals surface area contributed by atoms with Gasteiger partial charge in [-0.3, -0.25) is 0 Å². The summed E-state index contributed by atoms with van der Waals surface area (Å²) in [5.74, 6) is 0. The van der Waals surface area contributed by atoms with Crippen LogP contribution in [0.3, 0.4) is 0 Å². The Morgan fingerprint density at radius 1 is 1.69 bits per heavy atom. The molecule has 3 nitrogen and oxygen atoms in total. The number of thiocarbonyl (C=S) groups is 1. The number of nitrogens with one attached hydrogen (secondary N) is 2. The first-order chi connectivity index (χ1) is 6.33. The lowest BCUT2D eigenvalue weighted by molar-refractivity contribution is 0.758. The highest BCUT2D eigenvalue weighted by Gasteiger charge is 1.97. The van der Waals surface area contributed by atoms with Crippen LogP contribution in [0.15, 0.2) is 11.6 Å². The zero-order valence-corrected chi connectivity index (χ0v) is 9.17. The third kappa shape index (κ3) is 4.19. The van der Waals surface area contributed by atoms with Crippen molar-refractivity contribution in [3.05, 3.63) is 11.6 Å². The van der Waals surface area contributed by atoms with E-state index in [-0.39, 0.29) is 0 Å². The molecule has 72 valence electrons. The van der Waals surface area contributed by atoms with Gasteiger partial charge in [0.2, 0.25) is 0 Å². The Balaban J connectivity index is 2.18. The first-order valence-electron chi connectivity index (χ1n) is 4.27. The maximum Gasteiger partial charge on any atom is 0.188 e. The molecule has 0 saturated heterocycles. The van der Waals surface area contributed by atoms with Crippen LogP contribution in [0.2, 0.25) is 0 Å². The summed E-state index contributed by atoms with van der Waals surface area (Å²) in [4.78, 5) is 4.06. The predicted octanol–water partition coefficient (Wildman–Crippen LogP) is 2.23. The normalized spacial score (nSPS) is 9.62. The van der Waals surface area contributed by atoms with Crippen molar-refractivity contribution in [1.82, 2.24) is 10.3 Å². The number of unbranched alkanes of at least 4 members (excludes halogenated alkanes) is 1. The highest BCUT2D eigenvalue weighted by molar-refractivity contribution is 7.80. The number of thiazole rings is 1. The van der Waals surface area contributed by atoms with Gasteiger partial charge >= 0.3 is 0 Å². The largest absolute Gasteiger partial charge is 0.362 e. The highest BCUT2D eigenvalue weighted by Crippen LogP contribution is 2.09. The van der Waals surface area contributed by atoms with Gasteiger partial charge in [-0.1, -0.05) is 13.3 Å². The van der Waals surface area contributed by atoms with E-state index in [0.717, 1.165) is 18.1 Å². The lowest BCUT2D eigenvalue weighted by Gasteiger charge is -2.06. The fraction of sp³-hybridized carbons (Fsp3) is 0.500. The number of rotatable bonds is 4. The molecule has 0 aliphatic carbocycles. The van der Waals surface area contributed by atoms with Crippen LogP contribution in [0.5, 0.6) is 0 Å². The number of nitrogens with zero attached hydrogens (tertiary/aromatic N) is 1. The van der Waals surface area contributed by atoms with Gasteiger partial charge in [-0.2, -0.15) is 0 Å².